The molecule has 1 aliphatic heterocycles. The number of aryl methyl sites for hydroxylation is 1. The minimum Gasteiger partial charge on any atom is -0.381 e. The van der Waals surface area contributed by atoms with Gasteiger partial charge < -0.3 is 15.3 Å². The summed E-state index contributed by atoms with van der Waals surface area (Å²) in [6.45, 7) is 4.20. The molecule has 1 unspecified atom stereocenters. The first-order valence-corrected chi connectivity index (χ1v) is 11.4. The van der Waals surface area contributed by atoms with Gasteiger partial charge in [0.15, 0.2) is 5.78 Å². The molecule has 2 aliphatic rings. The van der Waals surface area contributed by atoms with E-state index in [2.05, 4.69) is 5.32 Å². The van der Waals surface area contributed by atoms with Crippen molar-refractivity contribution in [3.63, 3.8) is 0 Å². The molecule has 0 bridgehead atoms. The summed E-state index contributed by atoms with van der Waals surface area (Å²) in [6, 6.07) is 2.87. The lowest BCUT2D eigenvalue weighted by Crippen LogP contribution is -2.28. The predicted octanol–water partition coefficient (Wildman–Crippen LogP) is 3.28. The number of allylic oxidation sites excluding steroid dienone is 1. The molecule has 2 aromatic rings. The van der Waals surface area contributed by atoms with E-state index < -0.39 is 6.10 Å². The van der Waals surface area contributed by atoms with Gasteiger partial charge in [-0.2, -0.15) is 0 Å². The first-order chi connectivity index (χ1) is 16.3. The van der Waals surface area contributed by atoms with Crippen LogP contribution in [-0.4, -0.2) is 46.6 Å². The van der Waals surface area contributed by atoms with Crippen molar-refractivity contribution in [2.24, 2.45) is 0 Å². The summed E-state index contributed by atoms with van der Waals surface area (Å²) in [4.78, 5) is 41.9. The molecule has 0 saturated carbocycles. The van der Waals surface area contributed by atoms with Gasteiger partial charge in [0.1, 0.15) is 18.2 Å². The number of nitrogens with one attached hydrogen (secondary N) is 1. The Morgan fingerprint density at radius 2 is 2.09 bits per heavy atom. The highest BCUT2D eigenvalue weighted by Gasteiger charge is 2.33. The summed E-state index contributed by atoms with van der Waals surface area (Å²) in [6.07, 6.45) is 3.55. The average molecular weight is 466 g/mol. The molecule has 34 heavy (non-hydrogen) atoms. The maximum atomic E-state index is 14.5. The van der Waals surface area contributed by atoms with Crippen LogP contribution in [0.15, 0.2) is 29.4 Å². The Hall–Kier alpha value is -3.39. The first-order valence-electron chi connectivity index (χ1n) is 11.4. The molecule has 2 atom stereocenters. The number of aromatic nitrogens is 1. The van der Waals surface area contributed by atoms with Gasteiger partial charge in [-0.3, -0.25) is 14.4 Å². The maximum Gasteiger partial charge on any atom is 0.207 e. The number of carbonyl (C=O) groups is 3. The number of pyridine rings is 1. The number of benzene rings is 1. The molecule has 2 heterocycles. The van der Waals surface area contributed by atoms with E-state index >= 15 is 0 Å². The SMILES string of the molecule is CCC[C@H](NC=O)c1c2c(nc3cc(F)c(C)cc13)/C(=C/C1=C(C=O)CCC(=O)C1O)N(C)C2. The summed E-state index contributed by atoms with van der Waals surface area (Å²) >= 11 is 0. The molecule has 4 rings (SSSR count). The van der Waals surface area contributed by atoms with Crippen LogP contribution in [0, 0.1) is 12.7 Å². The number of halogens is 1. The van der Waals surface area contributed by atoms with Crippen LogP contribution in [0.2, 0.25) is 0 Å². The molecule has 0 spiro atoms. The summed E-state index contributed by atoms with van der Waals surface area (Å²) in [5.74, 6) is -0.710. The Morgan fingerprint density at radius 3 is 2.76 bits per heavy atom. The molecule has 0 radical (unpaired) electrons. The van der Waals surface area contributed by atoms with Crippen molar-refractivity contribution < 1.29 is 23.9 Å². The van der Waals surface area contributed by atoms with Crippen LogP contribution in [0.5, 0.6) is 0 Å². The number of carbonyl (C=O) groups excluding carboxylic acids is 3. The Kier molecular flexibility index (Phi) is 6.61. The Morgan fingerprint density at radius 1 is 1.32 bits per heavy atom. The van der Waals surface area contributed by atoms with E-state index in [4.69, 9.17) is 4.98 Å². The van der Waals surface area contributed by atoms with Crippen molar-refractivity contribution in [3.8, 4) is 0 Å². The van der Waals surface area contributed by atoms with Crippen molar-refractivity contribution >= 4 is 35.1 Å². The molecule has 1 amide bonds. The summed E-state index contributed by atoms with van der Waals surface area (Å²) in [7, 11) is 1.86. The molecule has 2 N–H and O–H groups in total. The van der Waals surface area contributed by atoms with E-state index in [-0.39, 0.29) is 36.1 Å². The van der Waals surface area contributed by atoms with Gasteiger partial charge in [0.2, 0.25) is 6.41 Å². The first kappa shape index (κ1) is 23.8. The monoisotopic (exact) mass is 465 g/mol. The minimum absolute atomic E-state index is 0.121. The zero-order valence-electron chi connectivity index (χ0n) is 19.5. The van der Waals surface area contributed by atoms with E-state index in [9.17, 15) is 23.9 Å². The van der Waals surface area contributed by atoms with Crippen molar-refractivity contribution in [2.45, 2.75) is 58.2 Å². The molecule has 8 heteroatoms. The summed E-state index contributed by atoms with van der Waals surface area (Å²) in [5.41, 5.74) is 4.60. The normalized spacial score (nSPS) is 20.1. The number of nitrogens with zero attached hydrogens (tertiary/aromatic N) is 2. The number of Topliss-reactive ketones (excluding diaryl/α,β-unsaturated/α-hetero) is 1. The maximum absolute atomic E-state index is 14.5. The van der Waals surface area contributed by atoms with Gasteiger partial charge in [-0.15, -0.1) is 0 Å². The number of hydrogen-bond acceptors (Lipinski definition) is 6. The Labute approximate surface area is 197 Å². The van der Waals surface area contributed by atoms with Crippen molar-refractivity contribution in [2.75, 3.05) is 7.05 Å². The van der Waals surface area contributed by atoms with Crippen LogP contribution in [-0.2, 0) is 20.9 Å². The summed E-state index contributed by atoms with van der Waals surface area (Å²) in [5, 5.41) is 14.2. The van der Waals surface area contributed by atoms with Crippen LogP contribution in [0.3, 0.4) is 0 Å². The van der Waals surface area contributed by atoms with E-state index in [1.165, 1.54) is 6.07 Å². The van der Waals surface area contributed by atoms with E-state index in [0.717, 1.165) is 22.9 Å². The molecular formula is C26H28FN3O4. The van der Waals surface area contributed by atoms with E-state index in [1.54, 1.807) is 19.1 Å². The second-order valence-corrected chi connectivity index (χ2v) is 8.95. The number of hydrogen-bond donors (Lipinski definition) is 2. The van der Waals surface area contributed by atoms with Gasteiger partial charge in [0.05, 0.1) is 22.9 Å². The molecule has 7 nitrogen and oxygen atoms in total. The lowest BCUT2D eigenvalue weighted by molar-refractivity contribution is -0.125. The fourth-order valence-electron chi connectivity index (χ4n) is 4.92. The third-order valence-corrected chi connectivity index (χ3v) is 6.70. The van der Waals surface area contributed by atoms with Gasteiger partial charge in [-0.1, -0.05) is 13.3 Å². The molecule has 1 aromatic carbocycles. The van der Waals surface area contributed by atoms with Crippen molar-refractivity contribution in [1.29, 1.82) is 0 Å². The second kappa shape index (κ2) is 9.46. The number of aliphatic hydroxyl groups is 1. The minimum atomic E-state index is -1.37. The zero-order chi connectivity index (χ0) is 24.6. The molecule has 1 aromatic heterocycles. The topological polar surface area (TPSA) is 99.6 Å². The number of ketones is 1. The van der Waals surface area contributed by atoms with E-state index in [1.807, 2.05) is 18.9 Å². The Bertz CT molecular complexity index is 1250. The number of amides is 1. The van der Waals surface area contributed by atoms with Crippen LogP contribution in [0.4, 0.5) is 4.39 Å². The predicted molar refractivity (Wildman–Crippen MR) is 126 cm³/mol. The lowest BCUT2D eigenvalue weighted by atomic mass is 9.88. The van der Waals surface area contributed by atoms with Crippen LogP contribution < -0.4 is 5.32 Å². The zero-order valence-corrected chi connectivity index (χ0v) is 19.5. The smallest absolute Gasteiger partial charge is 0.207 e. The van der Waals surface area contributed by atoms with Gasteiger partial charge in [0.25, 0.3) is 0 Å². The third kappa shape index (κ3) is 4.03. The van der Waals surface area contributed by atoms with Gasteiger partial charge >= 0.3 is 0 Å². The average Bonchev–Trinajstić information content (AvgIpc) is 3.11. The van der Waals surface area contributed by atoms with Gasteiger partial charge in [-0.05, 0) is 54.2 Å². The quantitative estimate of drug-likeness (QED) is 0.609. The molecule has 0 fully saturated rings. The highest BCUT2D eigenvalue weighted by molar-refractivity contribution is 5.94. The number of aliphatic hydroxyl groups excluding tert-OH is 1. The highest BCUT2D eigenvalue weighted by Crippen LogP contribution is 2.41. The van der Waals surface area contributed by atoms with Crippen LogP contribution in [0.1, 0.15) is 61.0 Å². The third-order valence-electron chi connectivity index (χ3n) is 6.70. The number of rotatable bonds is 7. The fraction of sp³-hybridized carbons (Fsp3) is 0.385. The van der Waals surface area contributed by atoms with Crippen molar-refractivity contribution in [3.05, 3.63) is 57.6 Å². The van der Waals surface area contributed by atoms with Crippen LogP contribution in [0.25, 0.3) is 16.6 Å². The Balaban J connectivity index is 2.00. The standard InChI is InChI=1S/C26H28FN3O4/c1-4-5-20(28-13-32)24-17-8-14(2)19(27)10-21(17)29-25-18(24)11-30(3)22(25)9-16-15(12-31)6-7-23(33)26(16)34/h8-10,12-13,20,26,34H,4-7,11H2,1-3H3,(H,28,32)/b22-9-/t20-,26?/m0/s1. The lowest BCUT2D eigenvalue weighted by Gasteiger charge is -2.22. The van der Waals surface area contributed by atoms with Gasteiger partial charge in [0, 0.05) is 37.0 Å². The largest absolute Gasteiger partial charge is 0.381 e. The summed E-state index contributed by atoms with van der Waals surface area (Å²) < 4.78 is 14.5. The second-order valence-electron chi connectivity index (χ2n) is 8.95. The number of aldehydes is 1. The fourth-order valence-corrected chi connectivity index (χ4v) is 4.92. The number of fused-ring (bicyclic) bond motifs is 2. The van der Waals surface area contributed by atoms with Crippen LogP contribution >= 0.6 is 0 Å². The van der Waals surface area contributed by atoms with Crippen molar-refractivity contribution in [1.82, 2.24) is 15.2 Å². The van der Waals surface area contributed by atoms with Gasteiger partial charge in [-0.25, -0.2) is 9.37 Å². The molecular weight excluding hydrogens is 437 g/mol. The van der Waals surface area contributed by atoms with E-state index in [0.29, 0.717) is 53.7 Å². The highest BCUT2D eigenvalue weighted by atomic mass is 19.1. The molecule has 0 saturated heterocycles. The molecule has 1 aliphatic carbocycles. The molecule has 178 valence electrons.